The molecule has 3 heterocycles. The highest BCUT2D eigenvalue weighted by Gasteiger charge is 2.45. The van der Waals surface area contributed by atoms with E-state index in [-0.39, 0.29) is 11.9 Å². The zero-order valence-corrected chi connectivity index (χ0v) is 23.4. The number of unbranched alkanes of at least 4 members (excludes halogenated alkanes) is 3. The van der Waals surface area contributed by atoms with Crippen LogP contribution in [0.1, 0.15) is 110 Å². The number of amides is 1. The van der Waals surface area contributed by atoms with Gasteiger partial charge in [-0.15, -0.1) is 0 Å². The third-order valence-electron chi connectivity index (χ3n) is 10.3. The summed E-state index contributed by atoms with van der Waals surface area (Å²) in [6.45, 7) is 9.31. The summed E-state index contributed by atoms with van der Waals surface area (Å²) in [4.78, 5) is 16.2. The molecule has 6 unspecified atom stereocenters. The maximum absolute atomic E-state index is 13.6. The Morgan fingerprint density at radius 3 is 2.47 bits per heavy atom. The summed E-state index contributed by atoms with van der Waals surface area (Å²) in [6.07, 6.45) is 20.3. The molecule has 3 aliphatic heterocycles. The summed E-state index contributed by atoms with van der Waals surface area (Å²) < 4.78 is 0. The van der Waals surface area contributed by atoms with Gasteiger partial charge in [0, 0.05) is 31.6 Å². The zero-order valence-electron chi connectivity index (χ0n) is 23.4. The van der Waals surface area contributed by atoms with E-state index in [1.165, 1.54) is 103 Å². The molecule has 3 N–H and O–H groups in total. The van der Waals surface area contributed by atoms with Crippen LogP contribution in [0.3, 0.4) is 0 Å². The summed E-state index contributed by atoms with van der Waals surface area (Å²) in [6, 6.07) is 0.653. The van der Waals surface area contributed by atoms with Gasteiger partial charge in [-0.05, 0) is 68.9 Å². The van der Waals surface area contributed by atoms with Crippen LogP contribution < -0.4 is 16.1 Å². The number of nitrogens with one attached hydrogen (secondary N) is 3. The smallest absolute Gasteiger partial charge is 0.238 e. The minimum Gasteiger partial charge on any atom is -0.350 e. The first kappa shape index (κ1) is 26.9. The highest BCUT2D eigenvalue weighted by molar-refractivity contribution is 5.82. The molecule has 0 aromatic heterocycles. The summed E-state index contributed by atoms with van der Waals surface area (Å²) in [7, 11) is 0. The van der Waals surface area contributed by atoms with Crippen LogP contribution in [0.25, 0.3) is 0 Å². The van der Waals surface area contributed by atoms with Gasteiger partial charge in [0.1, 0.15) is 6.04 Å². The van der Waals surface area contributed by atoms with Gasteiger partial charge in [-0.2, -0.15) is 0 Å². The molecule has 6 atom stereocenters. The molecule has 2 aliphatic carbocycles. The fourth-order valence-corrected chi connectivity index (χ4v) is 8.04. The second kappa shape index (κ2) is 12.9. The second-order valence-electron chi connectivity index (χ2n) is 13.1. The van der Waals surface area contributed by atoms with Crippen molar-refractivity contribution in [1.29, 1.82) is 0 Å². The summed E-state index contributed by atoms with van der Waals surface area (Å²) in [5.41, 5.74) is 3.62. The highest BCUT2D eigenvalue weighted by atomic mass is 16.2. The fourth-order valence-electron chi connectivity index (χ4n) is 8.04. The molecule has 5 rings (SSSR count). The lowest BCUT2D eigenvalue weighted by molar-refractivity contribution is -0.124. The van der Waals surface area contributed by atoms with E-state index in [0.717, 1.165) is 31.3 Å². The van der Waals surface area contributed by atoms with Crippen molar-refractivity contribution >= 4 is 5.91 Å². The van der Waals surface area contributed by atoms with Gasteiger partial charge in [-0.1, -0.05) is 71.6 Å². The van der Waals surface area contributed by atoms with E-state index < -0.39 is 0 Å². The third kappa shape index (κ3) is 6.65. The SMILES string of the molecule is CCCCCCN1CCCN2NC(C(=O)NC(C3CC3)C3NCC(C4CCCCCC4)CC3C)CC12. The van der Waals surface area contributed by atoms with Gasteiger partial charge in [0.2, 0.25) is 5.91 Å². The summed E-state index contributed by atoms with van der Waals surface area (Å²) >= 11 is 0. The van der Waals surface area contributed by atoms with E-state index in [0.29, 0.717) is 30.1 Å². The molecule has 0 aromatic carbocycles. The largest absolute Gasteiger partial charge is 0.350 e. The first-order chi connectivity index (χ1) is 17.6. The third-order valence-corrected chi connectivity index (χ3v) is 10.3. The molecular formula is C30H55N5O. The Labute approximate surface area is 221 Å². The maximum atomic E-state index is 13.6. The van der Waals surface area contributed by atoms with Crippen molar-refractivity contribution in [3.63, 3.8) is 0 Å². The van der Waals surface area contributed by atoms with E-state index in [9.17, 15) is 4.79 Å². The lowest BCUT2D eigenvalue weighted by Crippen LogP contribution is -2.60. The number of fused-ring (bicyclic) bond motifs is 1. The zero-order chi connectivity index (χ0) is 24.9. The highest BCUT2D eigenvalue weighted by Crippen LogP contribution is 2.40. The van der Waals surface area contributed by atoms with Crippen molar-refractivity contribution in [2.24, 2.45) is 23.7 Å². The van der Waals surface area contributed by atoms with Crippen LogP contribution in [0.5, 0.6) is 0 Å². The number of hydrogen-bond donors (Lipinski definition) is 3. The molecular weight excluding hydrogens is 446 g/mol. The second-order valence-corrected chi connectivity index (χ2v) is 13.1. The van der Waals surface area contributed by atoms with Crippen molar-refractivity contribution in [3.05, 3.63) is 0 Å². The van der Waals surface area contributed by atoms with Crippen molar-refractivity contribution in [1.82, 2.24) is 26.0 Å². The lowest BCUT2D eigenvalue weighted by Gasteiger charge is -2.42. The quantitative estimate of drug-likeness (QED) is 0.300. The van der Waals surface area contributed by atoms with E-state index in [1.807, 2.05) is 0 Å². The Hall–Kier alpha value is -0.690. The summed E-state index contributed by atoms with van der Waals surface area (Å²) in [5.74, 6) is 3.30. The van der Waals surface area contributed by atoms with Gasteiger partial charge in [0.25, 0.3) is 0 Å². The van der Waals surface area contributed by atoms with Crippen LogP contribution in [0.4, 0.5) is 0 Å². The lowest BCUT2D eigenvalue weighted by atomic mass is 9.74. The molecule has 36 heavy (non-hydrogen) atoms. The van der Waals surface area contributed by atoms with E-state index >= 15 is 0 Å². The summed E-state index contributed by atoms with van der Waals surface area (Å²) in [5, 5.41) is 9.96. The predicted molar refractivity (Wildman–Crippen MR) is 147 cm³/mol. The van der Waals surface area contributed by atoms with Gasteiger partial charge in [0.05, 0.1) is 6.17 Å². The van der Waals surface area contributed by atoms with Crippen molar-refractivity contribution in [3.8, 4) is 0 Å². The maximum Gasteiger partial charge on any atom is 0.238 e. The molecule has 1 amide bonds. The molecule has 2 saturated carbocycles. The molecule has 3 saturated heterocycles. The van der Waals surface area contributed by atoms with Gasteiger partial charge >= 0.3 is 0 Å². The van der Waals surface area contributed by atoms with E-state index in [2.05, 4.69) is 39.8 Å². The minimum atomic E-state index is -0.0786. The average molecular weight is 502 g/mol. The number of nitrogens with zero attached hydrogens (tertiary/aromatic N) is 2. The van der Waals surface area contributed by atoms with Gasteiger partial charge in [-0.25, -0.2) is 10.4 Å². The normalized spacial score (nSPS) is 35.8. The van der Waals surface area contributed by atoms with Crippen LogP contribution in [0, 0.1) is 23.7 Å². The van der Waals surface area contributed by atoms with Crippen molar-refractivity contribution < 1.29 is 4.79 Å². The number of piperidine rings is 1. The molecule has 0 aromatic rings. The topological polar surface area (TPSA) is 59.6 Å². The molecule has 0 radical (unpaired) electrons. The Bertz CT molecular complexity index is 691. The Morgan fingerprint density at radius 1 is 0.944 bits per heavy atom. The van der Waals surface area contributed by atoms with Gasteiger partial charge in [0.15, 0.2) is 0 Å². The number of hydrazine groups is 1. The monoisotopic (exact) mass is 501 g/mol. The van der Waals surface area contributed by atoms with Crippen molar-refractivity contribution in [2.75, 3.05) is 26.2 Å². The molecule has 206 valence electrons. The standard InChI is InChI=1S/C30H55N5O/c1-3-4-5-10-16-34-17-11-18-35-27(34)20-26(33-35)30(36)32-29(24-14-15-24)28-22(2)19-25(21-31-28)23-12-8-6-7-9-13-23/h22-29,31,33H,3-21H2,1-2H3,(H,32,36). The van der Waals surface area contributed by atoms with Crippen LogP contribution in [-0.2, 0) is 4.79 Å². The first-order valence-electron chi connectivity index (χ1n) is 15.9. The van der Waals surface area contributed by atoms with Gasteiger partial charge < -0.3 is 10.6 Å². The van der Waals surface area contributed by atoms with E-state index in [4.69, 9.17) is 0 Å². The molecule has 0 spiro atoms. The molecule has 0 bridgehead atoms. The minimum absolute atomic E-state index is 0.0786. The van der Waals surface area contributed by atoms with Crippen molar-refractivity contribution in [2.45, 2.75) is 134 Å². The number of hydrogen-bond acceptors (Lipinski definition) is 5. The van der Waals surface area contributed by atoms with Crippen LogP contribution in [-0.4, -0.2) is 66.3 Å². The van der Waals surface area contributed by atoms with Crippen LogP contribution >= 0.6 is 0 Å². The molecule has 6 heteroatoms. The number of carbonyl (C=O) groups is 1. The van der Waals surface area contributed by atoms with Crippen LogP contribution in [0.15, 0.2) is 0 Å². The average Bonchev–Trinajstić information content (AvgIpc) is 3.68. The molecule has 6 nitrogen and oxygen atoms in total. The fraction of sp³-hybridized carbons (Fsp3) is 0.967. The number of rotatable bonds is 10. The van der Waals surface area contributed by atoms with Gasteiger partial charge in [-0.3, -0.25) is 9.69 Å². The van der Waals surface area contributed by atoms with Crippen LogP contribution in [0.2, 0.25) is 0 Å². The number of carbonyl (C=O) groups excluding carboxylic acids is 1. The Balaban J connectivity index is 1.14. The van der Waals surface area contributed by atoms with E-state index in [1.54, 1.807) is 0 Å². The molecule has 5 fully saturated rings. The predicted octanol–water partition coefficient (Wildman–Crippen LogP) is 4.66. The Kier molecular flexibility index (Phi) is 9.64. The molecule has 5 aliphatic rings. The first-order valence-corrected chi connectivity index (χ1v) is 15.9. The Morgan fingerprint density at radius 2 is 1.75 bits per heavy atom.